The molecular weight excluding hydrogens is 399 g/mol. The maximum atomic E-state index is 13.8. The van der Waals surface area contributed by atoms with E-state index in [4.69, 9.17) is 0 Å². The van der Waals surface area contributed by atoms with Gasteiger partial charge in [0.25, 0.3) is 11.8 Å². The lowest BCUT2D eigenvalue weighted by Gasteiger charge is -2.15. The van der Waals surface area contributed by atoms with Crippen LogP contribution in [0.2, 0.25) is 0 Å². The number of likely N-dealkylation sites (tertiary alicyclic amines) is 1. The highest BCUT2D eigenvalue weighted by Gasteiger charge is 2.31. The molecule has 0 radical (unpaired) electrons. The first-order valence-corrected chi connectivity index (χ1v) is 10.7. The summed E-state index contributed by atoms with van der Waals surface area (Å²) in [5.74, 6) is -0.288. The maximum Gasteiger partial charge on any atom is 0.256 e. The molecule has 8 heteroatoms. The van der Waals surface area contributed by atoms with Crippen molar-refractivity contribution in [3.63, 3.8) is 0 Å². The molecule has 3 N–H and O–H groups in total. The topological polar surface area (TPSA) is 94.3 Å². The molecule has 3 amide bonds. The highest BCUT2D eigenvalue weighted by molar-refractivity contribution is 6.09. The number of hydrogen-bond acceptors (Lipinski definition) is 3. The third kappa shape index (κ3) is 4.19. The van der Waals surface area contributed by atoms with Gasteiger partial charge in [-0.2, -0.15) is 0 Å². The molecule has 164 valence electrons. The lowest BCUT2D eigenvalue weighted by atomic mass is 9.97. The summed E-state index contributed by atoms with van der Waals surface area (Å²) in [5.41, 5.74) is 4.22. The number of halogens is 1. The van der Waals surface area contributed by atoms with Crippen molar-refractivity contribution in [1.82, 2.24) is 20.5 Å². The average molecular weight is 426 g/mol. The van der Waals surface area contributed by atoms with Gasteiger partial charge in [-0.05, 0) is 44.4 Å². The zero-order valence-electron chi connectivity index (χ0n) is 17.8. The van der Waals surface area contributed by atoms with Crippen LogP contribution in [0.3, 0.4) is 0 Å². The fourth-order valence-electron chi connectivity index (χ4n) is 4.39. The normalized spacial score (nSPS) is 21.8. The molecule has 7 nitrogen and oxygen atoms in total. The number of aromatic amines is 1. The van der Waals surface area contributed by atoms with Crippen molar-refractivity contribution in [3.8, 4) is 0 Å². The van der Waals surface area contributed by atoms with Crippen molar-refractivity contribution >= 4 is 23.8 Å². The Kier molecular flexibility index (Phi) is 5.80. The van der Waals surface area contributed by atoms with E-state index < -0.39 is 6.17 Å². The molecule has 2 fully saturated rings. The summed E-state index contributed by atoms with van der Waals surface area (Å²) in [5, 5.41) is 5.69. The van der Waals surface area contributed by atoms with Crippen LogP contribution in [0.4, 0.5) is 4.39 Å². The summed E-state index contributed by atoms with van der Waals surface area (Å²) in [6.07, 6.45) is 6.20. The summed E-state index contributed by atoms with van der Waals surface area (Å²) < 4.78 is 13.8. The molecular formula is C23H27FN4O3. The van der Waals surface area contributed by atoms with Crippen LogP contribution in [0.1, 0.15) is 53.0 Å². The van der Waals surface area contributed by atoms with Crippen molar-refractivity contribution in [2.24, 2.45) is 0 Å². The Labute approximate surface area is 180 Å². The maximum absolute atomic E-state index is 13.8. The smallest absolute Gasteiger partial charge is 0.256 e. The second-order valence-corrected chi connectivity index (χ2v) is 8.22. The lowest BCUT2D eigenvalue weighted by molar-refractivity contribution is -0.127. The van der Waals surface area contributed by atoms with Gasteiger partial charge in [0.2, 0.25) is 5.91 Å². The Balaban J connectivity index is 1.45. The second-order valence-electron chi connectivity index (χ2n) is 8.22. The Hall–Kier alpha value is -3.16. The zero-order chi connectivity index (χ0) is 22.1. The molecule has 1 aromatic heterocycles. The molecule has 31 heavy (non-hydrogen) atoms. The monoisotopic (exact) mass is 426 g/mol. The molecule has 1 unspecified atom stereocenters. The Morgan fingerprint density at radius 2 is 2.16 bits per heavy atom. The minimum atomic E-state index is -1.11. The van der Waals surface area contributed by atoms with E-state index in [1.54, 1.807) is 12.2 Å². The standard InChI is InChI=1S/C23H27FN4O3/c1-13-19(12-17-16-11-15(24)6-7-18(16)27-22(17)30)26-14(2)21(13)23(31)25-8-4-10-28-9-3-5-20(28)29/h7,11-12,15,26H,3-6,8-10H2,1-2H3,(H,25,31)(H,27,30). The first-order valence-electron chi connectivity index (χ1n) is 10.7. The van der Waals surface area contributed by atoms with E-state index in [0.29, 0.717) is 59.7 Å². The predicted octanol–water partition coefficient (Wildman–Crippen LogP) is 2.44. The molecule has 3 aliphatic rings. The Morgan fingerprint density at radius 3 is 2.90 bits per heavy atom. The largest absolute Gasteiger partial charge is 0.358 e. The van der Waals surface area contributed by atoms with Gasteiger partial charge in [0.1, 0.15) is 6.17 Å². The van der Waals surface area contributed by atoms with Crippen LogP contribution in [0.15, 0.2) is 29.0 Å². The van der Waals surface area contributed by atoms with Crippen LogP contribution in [0.25, 0.3) is 6.08 Å². The van der Waals surface area contributed by atoms with Crippen LogP contribution < -0.4 is 10.6 Å². The molecule has 1 aliphatic carbocycles. The Bertz CT molecular complexity index is 1030. The number of aryl methyl sites for hydroxylation is 1. The first-order chi connectivity index (χ1) is 14.8. The highest BCUT2D eigenvalue weighted by Crippen LogP contribution is 2.33. The van der Waals surface area contributed by atoms with Gasteiger partial charge >= 0.3 is 0 Å². The molecule has 4 rings (SSSR count). The highest BCUT2D eigenvalue weighted by atomic mass is 19.1. The fourth-order valence-corrected chi connectivity index (χ4v) is 4.39. The van der Waals surface area contributed by atoms with Gasteiger partial charge in [0, 0.05) is 55.1 Å². The summed E-state index contributed by atoms with van der Waals surface area (Å²) in [6.45, 7) is 5.56. The molecule has 2 aliphatic heterocycles. The molecule has 2 saturated heterocycles. The zero-order valence-corrected chi connectivity index (χ0v) is 17.8. The minimum Gasteiger partial charge on any atom is -0.358 e. The molecule has 0 aromatic carbocycles. The fraction of sp³-hybridized carbons (Fsp3) is 0.435. The van der Waals surface area contributed by atoms with E-state index in [1.807, 2.05) is 18.7 Å². The van der Waals surface area contributed by atoms with Gasteiger partial charge < -0.3 is 20.5 Å². The van der Waals surface area contributed by atoms with Crippen LogP contribution in [0, 0.1) is 13.8 Å². The number of aromatic nitrogens is 1. The third-order valence-corrected chi connectivity index (χ3v) is 6.02. The van der Waals surface area contributed by atoms with Gasteiger partial charge in [-0.25, -0.2) is 4.39 Å². The number of amides is 3. The van der Waals surface area contributed by atoms with Crippen molar-refractivity contribution in [3.05, 3.63) is 51.5 Å². The Morgan fingerprint density at radius 1 is 1.35 bits per heavy atom. The van der Waals surface area contributed by atoms with E-state index in [9.17, 15) is 18.8 Å². The van der Waals surface area contributed by atoms with Crippen LogP contribution in [-0.2, 0) is 9.59 Å². The number of nitrogens with one attached hydrogen (secondary N) is 3. The van der Waals surface area contributed by atoms with Gasteiger partial charge in [0.15, 0.2) is 0 Å². The van der Waals surface area contributed by atoms with E-state index in [0.717, 1.165) is 18.5 Å². The summed E-state index contributed by atoms with van der Waals surface area (Å²) in [6, 6.07) is 0. The van der Waals surface area contributed by atoms with Gasteiger partial charge in [-0.1, -0.05) is 6.08 Å². The number of nitrogens with zero attached hydrogens (tertiary/aromatic N) is 1. The third-order valence-electron chi connectivity index (χ3n) is 6.02. The van der Waals surface area contributed by atoms with Crippen LogP contribution >= 0.6 is 0 Å². The number of alkyl halides is 1. The van der Waals surface area contributed by atoms with Crippen molar-refractivity contribution in [2.75, 3.05) is 19.6 Å². The van der Waals surface area contributed by atoms with Gasteiger partial charge in [-0.3, -0.25) is 14.4 Å². The van der Waals surface area contributed by atoms with Crippen molar-refractivity contribution in [2.45, 2.75) is 45.7 Å². The van der Waals surface area contributed by atoms with Crippen LogP contribution in [-0.4, -0.2) is 53.4 Å². The van der Waals surface area contributed by atoms with Crippen molar-refractivity contribution in [1.29, 1.82) is 0 Å². The average Bonchev–Trinajstić information content (AvgIpc) is 3.35. The number of H-pyrrole nitrogens is 1. The number of hydrogen-bond donors (Lipinski definition) is 3. The molecule has 1 atom stereocenters. The lowest BCUT2D eigenvalue weighted by Crippen LogP contribution is -2.31. The van der Waals surface area contributed by atoms with E-state index in [-0.39, 0.29) is 24.1 Å². The number of rotatable bonds is 6. The number of fused-ring (bicyclic) bond motifs is 1. The van der Waals surface area contributed by atoms with E-state index >= 15 is 0 Å². The molecule has 0 spiro atoms. The van der Waals surface area contributed by atoms with Crippen molar-refractivity contribution < 1.29 is 18.8 Å². The van der Waals surface area contributed by atoms with E-state index in [1.165, 1.54) is 6.08 Å². The molecule has 1 aromatic rings. The van der Waals surface area contributed by atoms with E-state index in [2.05, 4.69) is 15.6 Å². The summed E-state index contributed by atoms with van der Waals surface area (Å²) in [7, 11) is 0. The van der Waals surface area contributed by atoms with Gasteiger partial charge in [-0.15, -0.1) is 0 Å². The SMILES string of the molecule is Cc1[nH]c(C=C2C(=O)NC3=CCC(F)C=C32)c(C)c1C(=O)NCCCN1CCCC1=O. The molecule has 0 bridgehead atoms. The van der Waals surface area contributed by atoms with Gasteiger partial charge in [0.05, 0.1) is 11.1 Å². The molecule has 3 heterocycles. The molecule has 0 saturated carbocycles. The van der Waals surface area contributed by atoms with Crippen LogP contribution in [0.5, 0.6) is 0 Å². The minimum absolute atomic E-state index is 0.183. The summed E-state index contributed by atoms with van der Waals surface area (Å²) >= 11 is 0. The summed E-state index contributed by atoms with van der Waals surface area (Å²) in [4.78, 5) is 41.8. The number of carbonyl (C=O) groups is 3. The number of carbonyl (C=O) groups excluding carboxylic acids is 3. The predicted molar refractivity (Wildman–Crippen MR) is 115 cm³/mol. The second kappa shape index (κ2) is 8.53. The number of allylic oxidation sites excluding steroid dienone is 3. The quantitative estimate of drug-likeness (QED) is 0.482. The first kappa shape index (κ1) is 21.1.